The van der Waals surface area contributed by atoms with Crippen molar-refractivity contribution < 1.29 is 56.0 Å². The van der Waals surface area contributed by atoms with Crippen molar-refractivity contribution >= 4 is 56.2 Å². The lowest BCUT2D eigenvalue weighted by molar-refractivity contribution is -0.656. The molecule has 3 aromatic rings. The Bertz CT molecular complexity index is 1910. The Balaban J connectivity index is 1.22. The molecule has 0 radical (unpaired) electrons. The molecule has 21 heteroatoms. The number of nitrogens with zero attached hydrogens (tertiary/aromatic N) is 4. The number of β-lactam (4-membered cyclic amide) rings is 1. The predicted octanol–water partition coefficient (Wildman–Crippen LogP) is -0.944. The van der Waals surface area contributed by atoms with Crippen LogP contribution < -0.4 is 31.0 Å². The number of nitrogens with one attached hydrogen (secondary N) is 3. The van der Waals surface area contributed by atoms with E-state index in [1.54, 1.807) is 24.3 Å². The number of nitrogen functional groups attached to an aromatic ring is 1. The van der Waals surface area contributed by atoms with Gasteiger partial charge in [-0.1, -0.05) is 17.3 Å². The quantitative estimate of drug-likeness (QED) is 0.0326. The first-order valence-corrected chi connectivity index (χ1v) is 17.1. The summed E-state index contributed by atoms with van der Waals surface area (Å²) in [4.78, 5) is 47.0. The Hall–Kier alpha value is -4.93. The smallest absolute Gasteiger partial charge is 0.418 e. The van der Waals surface area contributed by atoms with Crippen LogP contribution in [0.3, 0.4) is 0 Å². The van der Waals surface area contributed by atoms with E-state index in [1.165, 1.54) is 19.2 Å². The number of thiazole rings is 1. The van der Waals surface area contributed by atoms with Crippen LogP contribution in [0.4, 0.5) is 10.9 Å². The van der Waals surface area contributed by atoms with Crippen LogP contribution in [0.1, 0.15) is 19.5 Å². The second-order valence-corrected chi connectivity index (χ2v) is 14.0. The van der Waals surface area contributed by atoms with E-state index in [4.69, 9.17) is 19.9 Å². The molecule has 1 aromatic carbocycles. The highest BCUT2D eigenvalue weighted by Crippen LogP contribution is 2.33. The summed E-state index contributed by atoms with van der Waals surface area (Å²) in [5, 5.41) is 34.2. The van der Waals surface area contributed by atoms with Gasteiger partial charge in [-0.3, -0.25) is 19.5 Å². The lowest BCUT2D eigenvalue weighted by Crippen LogP contribution is -2.76. The van der Waals surface area contributed by atoms with Gasteiger partial charge in [-0.25, -0.2) is 14.3 Å². The summed E-state index contributed by atoms with van der Waals surface area (Å²) in [6, 6.07) is 9.35. The van der Waals surface area contributed by atoms with Crippen molar-refractivity contribution in [2.45, 2.75) is 37.1 Å². The minimum absolute atomic E-state index is 0.0533. The standard InChI is InChI=1S/C29H34N8O11S2/c1-28(2)23(25(39)37(28)48-50(43,44)45)34-24(38)22(19-12-49-27(30)33-19)35-47-20(26(40)41)11-46-18-7-4-16(5-8-18)17-6-9-21(36(3)10-17)32-15-29(42)13-31-14-29/h4-10,12,20,23,31,42H,11,13-15H2,1-3H3,(H5,30,33,34,38,40,41,43,44,45)/p+1/b35-22-/t20-,23+/m0/s1. The van der Waals surface area contributed by atoms with Crippen LogP contribution in [0, 0.1) is 0 Å². The number of aliphatic carboxylic acids is 1. The number of hydrogen-bond acceptors (Lipinski definition) is 15. The van der Waals surface area contributed by atoms with Crippen LogP contribution in [0.15, 0.2) is 53.1 Å². The number of nitrogens with two attached hydrogens (primary N) is 1. The van der Waals surface area contributed by atoms with E-state index in [-0.39, 0.29) is 10.8 Å². The van der Waals surface area contributed by atoms with Gasteiger partial charge in [0.1, 0.15) is 36.2 Å². The molecule has 5 rings (SSSR count). The normalized spacial score (nSPS) is 18.7. The molecule has 8 N–H and O–H groups in total. The second-order valence-electron chi connectivity index (χ2n) is 12.1. The van der Waals surface area contributed by atoms with Crippen molar-refractivity contribution in [3.05, 3.63) is 53.7 Å². The fraction of sp³-hybridized carbons (Fsp3) is 0.379. The summed E-state index contributed by atoms with van der Waals surface area (Å²) in [7, 11) is -3.15. The molecule has 0 spiro atoms. The first kappa shape index (κ1) is 36.4. The summed E-state index contributed by atoms with van der Waals surface area (Å²) < 4.78 is 43.0. The second kappa shape index (κ2) is 14.1. The zero-order valence-corrected chi connectivity index (χ0v) is 28.5. The van der Waals surface area contributed by atoms with Crippen LogP contribution in [-0.4, -0.2) is 106 Å². The number of hydrogen-bond donors (Lipinski definition) is 7. The largest absolute Gasteiger partial charge is 0.489 e. The number of carbonyl (C=O) groups excluding carboxylic acids is 2. The third kappa shape index (κ3) is 8.26. The van der Waals surface area contributed by atoms with Crippen molar-refractivity contribution in [2.24, 2.45) is 12.2 Å². The van der Waals surface area contributed by atoms with Crippen LogP contribution in [0.25, 0.3) is 11.1 Å². The number of rotatable bonds is 15. The summed E-state index contributed by atoms with van der Waals surface area (Å²) in [5.74, 6) is -2.34. The van der Waals surface area contributed by atoms with Gasteiger partial charge < -0.3 is 36.2 Å². The van der Waals surface area contributed by atoms with E-state index in [1.807, 2.05) is 29.9 Å². The summed E-state index contributed by atoms with van der Waals surface area (Å²) in [5.41, 5.74) is 4.64. The number of ether oxygens (including phenoxy) is 1. The number of carbonyl (C=O) groups is 3. The molecule has 0 bridgehead atoms. The third-order valence-corrected chi connectivity index (χ3v) is 8.89. The van der Waals surface area contributed by atoms with Gasteiger partial charge in [0.05, 0.1) is 18.8 Å². The first-order valence-electron chi connectivity index (χ1n) is 14.9. The van der Waals surface area contributed by atoms with E-state index in [0.717, 1.165) is 28.3 Å². The van der Waals surface area contributed by atoms with Crippen LogP contribution >= 0.6 is 11.3 Å². The molecule has 19 nitrogen and oxygen atoms in total. The number of hydroxylamine groups is 2. The molecule has 50 heavy (non-hydrogen) atoms. The zero-order chi connectivity index (χ0) is 36.4. The molecular weight excluding hydrogens is 700 g/mol. The SMILES string of the molecule is C[n+]1cc(-c2ccc(OC[C@H](O/N=C(\C(=O)N[C@@H]3C(=O)N(OS(=O)(=O)O)C3(C)C)c3csc(N)n3)C(=O)O)cc2)ccc1NCC1(O)CNC1. The monoisotopic (exact) mass is 735 g/mol. The molecule has 2 fully saturated rings. The Morgan fingerprint density at radius 2 is 1.90 bits per heavy atom. The summed E-state index contributed by atoms with van der Waals surface area (Å²) in [6.07, 6.45) is 0.226. The molecule has 0 aliphatic carbocycles. The van der Waals surface area contributed by atoms with Crippen molar-refractivity contribution in [2.75, 3.05) is 37.3 Å². The van der Waals surface area contributed by atoms with Gasteiger partial charge in [0.15, 0.2) is 10.8 Å². The fourth-order valence-electron chi connectivity index (χ4n) is 4.95. The molecular formula is C29H35N8O11S2+. The van der Waals surface area contributed by atoms with Crippen molar-refractivity contribution in [1.29, 1.82) is 0 Å². The maximum atomic E-state index is 13.2. The number of benzene rings is 1. The van der Waals surface area contributed by atoms with Crippen LogP contribution in [0.5, 0.6) is 5.75 Å². The van der Waals surface area contributed by atoms with E-state index in [9.17, 15) is 33.0 Å². The molecule has 2 amide bonds. The number of carboxylic acid groups (broad SMARTS) is 1. The van der Waals surface area contributed by atoms with Crippen molar-refractivity contribution in [3.8, 4) is 16.9 Å². The number of aliphatic hydroxyl groups is 1. The van der Waals surface area contributed by atoms with E-state index >= 15 is 0 Å². The van der Waals surface area contributed by atoms with Crippen LogP contribution in [-0.2, 0) is 41.0 Å². The first-order chi connectivity index (χ1) is 23.5. The molecule has 268 valence electrons. The van der Waals surface area contributed by atoms with Gasteiger partial charge >= 0.3 is 16.4 Å². The number of amides is 2. The highest BCUT2D eigenvalue weighted by Gasteiger charge is 2.58. The average Bonchev–Trinajstić information content (AvgIpc) is 3.47. The number of anilines is 2. The highest BCUT2D eigenvalue weighted by atomic mass is 32.3. The van der Waals surface area contributed by atoms with Gasteiger partial charge in [-0.15, -0.1) is 15.6 Å². The highest BCUT2D eigenvalue weighted by molar-refractivity contribution is 7.80. The number of aryl methyl sites for hydroxylation is 1. The molecule has 0 unspecified atom stereocenters. The molecule has 0 saturated carbocycles. The molecule has 4 heterocycles. The van der Waals surface area contributed by atoms with Crippen molar-refractivity contribution in [3.63, 3.8) is 0 Å². The van der Waals surface area contributed by atoms with Gasteiger partial charge in [-0.05, 0) is 37.6 Å². The van der Waals surface area contributed by atoms with Gasteiger partial charge in [0.25, 0.3) is 23.7 Å². The number of pyridine rings is 1. The Morgan fingerprint density at radius 3 is 2.44 bits per heavy atom. The predicted molar refractivity (Wildman–Crippen MR) is 176 cm³/mol. The molecule has 2 saturated heterocycles. The van der Waals surface area contributed by atoms with Gasteiger partial charge in [-0.2, -0.15) is 13.5 Å². The zero-order valence-electron chi connectivity index (χ0n) is 26.9. The minimum Gasteiger partial charge on any atom is -0.489 e. The lowest BCUT2D eigenvalue weighted by atomic mass is 9.84. The van der Waals surface area contributed by atoms with E-state index in [0.29, 0.717) is 30.4 Å². The maximum absolute atomic E-state index is 13.2. The Labute approximate surface area is 289 Å². The summed E-state index contributed by atoms with van der Waals surface area (Å²) in [6.45, 7) is 3.69. The lowest BCUT2D eigenvalue weighted by Gasteiger charge is -2.50. The molecule has 2 aliphatic heterocycles. The molecule has 2 aliphatic rings. The number of oxime groups is 1. The average molecular weight is 736 g/mol. The summed E-state index contributed by atoms with van der Waals surface area (Å²) >= 11 is 0.955. The van der Waals surface area contributed by atoms with E-state index < -0.39 is 63.8 Å². The van der Waals surface area contributed by atoms with Gasteiger partial charge in [0, 0.05) is 30.1 Å². The third-order valence-electron chi connectivity index (χ3n) is 7.88. The maximum Gasteiger partial charge on any atom is 0.418 e. The van der Waals surface area contributed by atoms with Crippen molar-refractivity contribution in [1.82, 2.24) is 20.7 Å². The number of aromatic nitrogens is 2. The fourth-order valence-corrected chi connectivity index (χ4v) is 5.96. The minimum atomic E-state index is -5.02. The van der Waals surface area contributed by atoms with Crippen LogP contribution in [0.2, 0.25) is 0 Å². The Morgan fingerprint density at radius 1 is 1.22 bits per heavy atom. The van der Waals surface area contributed by atoms with E-state index in [2.05, 4.69) is 30.4 Å². The topological polar surface area (TPSA) is 268 Å². The molecule has 2 atom stereocenters. The number of β-amino-alcohol motifs (C(OH)–C–C–N with tert-alkyl or cyclic N) is 1. The Kier molecular flexibility index (Phi) is 10.3. The molecule has 2 aromatic heterocycles. The van der Waals surface area contributed by atoms with Gasteiger partial charge in [0.2, 0.25) is 0 Å². The number of carboxylic acids is 1.